The molecule has 5 atom stereocenters. The van der Waals surface area contributed by atoms with Gasteiger partial charge in [-0.1, -0.05) is 13.8 Å². The van der Waals surface area contributed by atoms with Gasteiger partial charge in [-0.05, 0) is 13.3 Å². The molecule has 10 heteroatoms. The van der Waals surface area contributed by atoms with Gasteiger partial charge in [-0.2, -0.15) is 16.8 Å². The molecule has 0 aromatic carbocycles. The second-order valence-corrected chi connectivity index (χ2v) is 7.85. The molecule has 0 saturated carbocycles. The highest BCUT2D eigenvalue weighted by atomic mass is 32.3. The van der Waals surface area contributed by atoms with Crippen LogP contribution in [-0.2, 0) is 37.5 Å². The zero-order valence-corrected chi connectivity index (χ0v) is 13.7. The van der Waals surface area contributed by atoms with Crippen LogP contribution in [0.25, 0.3) is 0 Å². The normalized spacial score (nSPS) is 42.5. The van der Waals surface area contributed by atoms with Crippen LogP contribution in [0.15, 0.2) is 0 Å². The standard InChI is InChI=1S/C11H20O8S2/c1-4-10-8(3)11(19-21(14,15)18-10)6-9-5-7(2)16-20(12,13)17-9/h7-11H,4-6H2,1-3H3. The van der Waals surface area contributed by atoms with E-state index in [0.29, 0.717) is 12.8 Å². The molecule has 0 aromatic rings. The van der Waals surface area contributed by atoms with Crippen molar-refractivity contribution in [1.29, 1.82) is 0 Å². The third-order valence-corrected chi connectivity index (χ3v) is 5.72. The second kappa shape index (κ2) is 6.09. The van der Waals surface area contributed by atoms with Gasteiger partial charge >= 0.3 is 20.8 Å². The van der Waals surface area contributed by atoms with E-state index in [1.165, 1.54) is 0 Å². The van der Waals surface area contributed by atoms with Crippen LogP contribution in [0.3, 0.4) is 0 Å². The predicted octanol–water partition coefficient (Wildman–Crippen LogP) is 0.890. The minimum atomic E-state index is -4.06. The minimum absolute atomic E-state index is 0.146. The van der Waals surface area contributed by atoms with Crippen LogP contribution in [0.5, 0.6) is 0 Å². The van der Waals surface area contributed by atoms with Crippen molar-refractivity contribution >= 4 is 20.8 Å². The lowest BCUT2D eigenvalue weighted by Gasteiger charge is -2.36. The van der Waals surface area contributed by atoms with E-state index in [1.807, 2.05) is 13.8 Å². The third kappa shape index (κ3) is 4.36. The highest BCUT2D eigenvalue weighted by molar-refractivity contribution is 7.82. The van der Waals surface area contributed by atoms with E-state index in [9.17, 15) is 16.8 Å². The molecule has 2 rings (SSSR count). The maximum Gasteiger partial charge on any atom is 0.400 e. The Bertz CT molecular complexity index is 569. The van der Waals surface area contributed by atoms with Crippen molar-refractivity contribution < 1.29 is 33.6 Å². The minimum Gasteiger partial charge on any atom is -0.245 e. The molecule has 5 unspecified atom stereocenters. The Labute approximate surface area is 125 Å². The van der Waals surface area contributed by atoms with Gasteiger partial charge in [-0.3, -0.25) is 0 Å². The summed E-state index contributed by atoms with van der Waals surface area (Å²) >= 11 is 0. The van der Waals surface area contributed by atoms with Gasteiger partial charge < -0.3 is 0 Å². The lowest BCUT2D eigenvalue weighted by molar-refractivity contribution is -0.0406. The van der Waals surface area contributed by atoms with Crippen LogP contribution in [0, 0.1) is 5.92 Å². The van der Waals surface area contributed by atoms with Gasteiger partial charge in [0.2, 0.25) is 0 Å². The molecule has 2 aliphatic rings. The number of hydrogen-bond acceptors (Lipinski definition) is 8. The first-order valence-corrected chi connectivity index (χ1v) is 9.51. The zero-order chi connectivity index (χ0) is 15.8. The Morgan fingerprint density at radius 3 is 2.05 bits per heavy atom. The Hall–Kier alpha value is -0.260. The Morgan fingerprint density at radius 2 is 1.48 bits per heavy atom. The largest absolute Gasteiger partial charge is 0.400 e. The van der Waals surface area contributed by atoms with Gasteiger partial charge in [0.25, 0.3) is 0 Å². The van der Waals surface area contributed by atoms with Crippen LogP contribution in [0.2, 0.25) is 0 Å². The molecule has 2 heterocycles. The molecule has 2 saturated heterocycles. The van der Waals surface area contributed by atoms with E-state index in [-0.39, 0.29) is 12.3 Å². The molecule has 0 N–H and O–H groups in total. The quantitative estimate of drug-likeness (QED) is 0.743. The molecule has 0 bridgehead atoms. The Morgan fingerprint density at radius 1 is 0.905 bits per heavy atom. The van der Waals surface area contributed by atoms with Crippen LogP contribution >= 0.6 is 0 Å². The fourth-order valence-electron chi connectivity index (χ4n) is 2.67. The van der Waals surface area contributed by atoms with E-state index in [1.54, 1.807) is 6.92 Å². The summed E-state index contributed by atoms with van der Waals surface area (Å²) < 4.78 is 65.4. The van der Waals surface area contributed by atoms with Crippen LogP contribution in [0.4, 0.5) is 0 Å². The molecule has 0 amide bonds. The smallest absolute Gasteiger partial charge is 0.245 e. The first-order chi connectivity index (χ1) is 9.62. The molecule has 124 valence electrons. The van der Waals surface area contributed by atoms with Gasteiger partial charge in [-0.15, -0.1) is 0 Å². The van der Waals surface area contributed by atoms with Gasteiger partial charge in [0, 0.05) is 18.8 Å². The first kappa shape index (κ1) is 17.1. The summed E-state index contributed by atoms with van der Waals surface area (Å²) in [5.41, 5.74) is 0. The van der Waals surface area contributed by atoms with Crippen molar-refractivity contribution in [2.24, 2.45) is 5.92 Å². The van der Waals surface area contributed by atoms with Gasteiger partial charge in [0.15, 0.2) is 0 Å². The van der Waals surface area contributed by atoms with E-state index < -0.39 is 45.2 Å². The second-order valence-electron chi connectivity index (χ2n) is 5.45. The molecule has 0 aromatic heterocycles. The SMILES string of the molecule is CCC1OS(=O)(=O)OC(CC2CC(C)OS(=O)(=O)O2)C1C. The van der Waals surface area contributed by atoms with Crippen LogP contribution in [-0.4, -0.2) is 41.3 Å². The van der Waals surface area contributed by atoms with Gasteiger partial charge in [0.1, 0.15) is 0 Å². The summed E-state index contributed by atoms with van der Waals surface area (Å²) in [5.74, 6) is -0.192. The van der Waals surface area contributed by atoms with Crippen molar-refractivity contribution in [1.82, 2.24) is 0 Å². The summed E-state index contributed by atoms with van der Waals surface area (Å²) in [6, 6.07) is 0. The van der Waals surface area contributed by atoms with Crippen LogP contribution < -0.4 is 0 Å². The van der Waals surface area contributed by atoms with Crippen molar-refractivity contribution in [2.45, 2.75) is 64.4 Å². The maximum absolute atomic E-state index is 11.6. The van der Waals surface area contributed by atoms with Gasteiger partial charge in [-0.25, -0.2) is 16.7 Å². The van der Waals surface area contributed by atoms with E-state index in [2.05, 4.69) is 4.18 Å². The summed E-state index contributed by atoms with van der Waals surface area (Å²) in [7, 11) is -8.09. The van der Waals surface area contributed by atoms with Crippen molar-refractivity contribution in [2.75, 3.05) is 0 Å². The highest BCUT2D eigenvalue weighted by Crippen LogP contribution is 2.33. The molecule has 0 spiro atoms. The summed E-state index contributed by atoms with van der Waals surface area (Å²) in [5, 5.41) is 0. The van der Waals surface area contributed by atoms with Crippen molar-refractivity contribution in [3.63, 3.8) is 0 Å². The lowest BCUT2D eigenvalue weighted by atomic mass is 9.91. The fourth-order valence-corrected chi connectivity index (χ4v) is 4.90. The van der Waals surface area contributed by atoms with Crippen molar-refractivity contribution in [3.05, 3.63) is 0 Å². The number of hydrogen-bond donors (Lipinski definition) is 0. The molecule has 2 fully saturated rings. The molecule has 21 heavy (non-hydrogen) atoms. The molecular weight excluding hydrogens is 324 g/mol. The first-order valence-electron chi connectivity index (χ1n) is 6.85. The summed E-state index contributed by atoms with van der Waals surface area (Å²) in [6.45, 7) is 5.24. The van der Waals surface area contributed by atoms with E-state index in [4.69, 9.17) is 12.5 Å². The summed E-state index contributed by atoms with van der Waals surface area (Å²) in [4.78, 5) is 0. The fraction of sp³-hybridized carbons (Fsp3) is 1.00. The Kier molecular flexibility index (Phi) is 4.96. The number of rotatable bonds is 3. The van der Waals surface area contributed by atoms with Crippen LogP contribution in [0.1, 0.15) is 40.0 Å². The van der Waals surface area contributed by atoms with E-state index in [0.717, 1.165) is 0 Å². The van der Waals surface area contributed by atoms with Crippen molar-refractivity contribution in [3.8, 4) is 0 Å². The molecule has 8 nitrogen and oxygen atoms in total. The Balaban J connectivity index is 2.10. The predicted molar refractivity (Wildman–Crippen MR) is 71.7 cm³/mol. The average molecular weight is 344 g/mol. The lowest BCUT2D eigenvalue weighted by Crippen LogP contribution is -2.45. The zero-order valence-electron chi connectivity index (χ0n) is 12.1. The van der Waals surface area contributed by atoms with Gasteiger partial charge in [0.05, 0.1) is 24.4 Å². The van der Waals surface area contributed by atoms with E-state index >= 15 is 0 Å². The molecular formula is C11H20O8S2. The molecule has 0 radical (unpaired) electrons. The molecule has 0 aliphatic carbocycles. The maximum atomic E-state index is 11.6. The molecule has 2 aliphatic heterocycles. The monoisotopic (exact) mass is 344 g/mol. The summed E-state index contributed by atoms with van der Waals surface area (Å²) in [6.07, 6.45) is -1.33. The topological polar surface area (TPSA) is 105 Å². The average Bonchev–Trinajstić information content (AvgIpc) is 2.30. The highest BCUT2D eigenvalue weighted by Gasteiger charge is 2.42. The third-order valence-electron chi connectivity index (χ3n) is 3.68.